The molecular weight excluding hydrogens is 256 g/mol. The van der Waals surface area contributed by atoms with Crippen molar-refractivity contribution in [3.63, 3.8) is 0 Å². The summed E-state index contributed by atoms with van der Waals surface area (Å²) in [6.45, 7) is 2.28. The Morgan fingerprint density at radius 1 is 1.00 bits per heavy atom. The van der Waals surface area contributed by atoms with Crippen LogP contribution < -0.4 is 0 Å². The highest BCUT2D eigenvalue weighted by Crippen LogP contribution is 2.30. The molecule has 1 unspecified atom stereocenters. The van der Waals surface area contributed by atoms with Gasteiger partial charge in [-0.1, -0.05) is 6.92 Å². The van der Waals surface area contributed by atoms with E-state index in [1.165, 1.54) is 12.8 Å². The second kappa shape index (κ2) is 6.53. The summed E-state index contributed by atoms with van der Waals surface area (Å²) in [7, 11) is 0. The summed E-state index contributed by atoms with van der Waals surface area (Å²) in [5.41, 5.74) is 0. The second-order valence-electron chi connectivity index (χ2n) is 5.61. The van der Waals surface area contributed by atoms with Crippen LogP contribution >= 0.6 is 11.6 Å². The highest BCUT2D eigenvalue weighted by molar-refractivity contribution is 7.80. The first-order valence-electron chi connectivity index (χ1n) is 6.87. The Bertz CT molecular complexity index is 256. The molecule has 2 saturated carbocycles. The van der Waals surface area contributed by atoms with Crippen LogP contribution in [0.2, 0.25) is 0 Å². The summed E-state index contributed by atoms with van der Waals surface area (Å²) < 4.78 is 17.8. The van der Waals surface area contributed by atoms with E-state index in [-0.39, 0.29) is 11.4 Å². The quantitative estimate of drug-likeness (QED) is 0.734. The highest BCUT2D eigenvalue weighted by Gasteiger charge is 2.28. The van der Waals surface area contributed by atoms with Gasteiger partial charge >= 0.3 is 0 Å². The van der Waals surface area contributed by atoms with Crippen molar-refractivity contribution in [2.45, 2.75) is 75.0 Å². The third kappa shape index (κ3) is 4.22. The Morgan fingerprint density at radius 3 is 2.18 bits per heavy atom. The second-order valence-corrected chi connectivity index (χ2v) is 7.61. The predicted octanol–water partition coefficient (Wildman–Crippen LogP) is 3.80. The van der Waals surface area contributed by atoms with Gasteiger partial charge in [0.1, 0.15) is 0 Å². The lowest BCUT2D eigenvalue weighted by atomic mass is 9.91. The van der Waals surface area contributed by atoms with Gasteiger partial charge in [-0.15, -0.1) is 11.6 Å². The molecule has 0 aliphatic heterocycles. The van der Waals surface area contributed by atoms with Gasteiger partial charge < -0.3 is 0 Å². The van der Waals surface area contributed by atoms with E-state index in [2.05, 4.69) is 6.92 Å². The Labute approximate surface area is 112 Å². The van der Waals surface area contributed by atoms with Gasteiger partial charge in [0.15, 0.2) is 11.1 Å². The van der Waals surface area contributed by atoms with Crippen LogP contribution in [0.1, 0.15) is 58.3 Å². The van der Waals surface area contributed by atoms with Crippen LogP contribution in [0.15, 0.2) is 0 Å². The molecule has 17 heavy (non-hydrogen) atoms. The van der Waals surface area contributed by atoms with E-state index in [0.29, 0.717) is 5.38 Å². The molecule has 2 rings (SSSR count). The van der Waals surface area contributed by atoms with E-state index < -0.39 is 11.1 Å². The molecular formula is C13H23ClO2S. The van der Waals surface area contributed by atoms with Crippen LogP contribution in [0.25, 0.3) is 0 Å². The Morgan fingerprint density at radius 2 is 1.59 bits per heavy atom. The van der Waals surface area contributed by atoms with Gasteiger partial charge in [0, 0.05) is 5.38 Å². The van der Waals surface area contributed by atoms with Gasteiger partial charge in [0.2, 0.25) is 0 Å². The zero-order chi connectivity index (χ0) is 12.3. The molecule has 0 aromatic carbocycles. The van der Waals surface area contributed by atoms with Crippen molar-refractivity contribution in [3.8, 4) is 0 Å². The third-order valence-electron chi connectivity index (χ3n) is 4.07. The number of hydrogen-bond donors (Lipinski definition) is 0. The smallest absolute Gasteiger partial charge is 0.158 e. The molecule has 0 N–H and O–H groups in total. The van der Waals surface area contributed by atoms with Gasteiger partial charge in [0.05, 0.1) is 11.4 Å². The third-order valence-corrected chi connectivity index (χ3v) is 5.98. The average Bonchev–Trinajstić information content (AvgIpc) is 2.33. The fraction of sp³-hybridized carbons (Fsp3) is 1.00. The minimum atomic E-state index is -1.07. The molecule has 0 heterocycles. The fourth-order valence-electron chi connectivity index (χ4n) is 2.75. The van der Waals surface area contributed by atoms with E-state index >= 15 is 0 Å². The Hall–Kier alpha value is 0.400. The van der Waals surface area contributed by atoms with Crippen molar-refractivity contribution < 1.29 is 8.39 Å². The fourth-order valence-corrected chi connectivity index (χ4v) is 4.28. The molecule has 2 aliphatic carbocycles. The molecule has 0 saturated heterocycles. The summed E-state index contributed by atoms with van der Waals surface area (Å²) in [6, 6.07) is 0. The molecule has 0 aromatic heterocycles. The first-order chi connectivity index (χ1) is 8.15. The lowest BCUT2D eigenvalue weighted by Crippen LogP contribution is -2.29. The van der Waals surface area contributed by atoms with Crippen molar-refractivity contribution in [1.82, 2.24) is 0 Å². The standard InChI is InChI=1S/C13H23ClO2S/c1-10-2-8-13(9-3-10)17(15)16-12-6-4-11(14)5-7-12/h10-13H,2-9H2,1H3. The van der Waals surface area contributed by atoms with E-state index in [1.807, 2.05) is 0 Å². The van der Waals surface area contributed by atoms with Crippen molar-refractivity contribution in [3.05, 3.63) is 0 Å². The summed E-state index contributed by atoms with van der Waals surface area (Å²) in [6.07, 6.45) is 8.69. The number of halogens is 1. The van der Waals surface area contributed by atoms with Gasteiger partial charge in [-0.2, -0.15) is 0 Å². The molecule has 0 amide bonds. The van der Waals surface area contributed by atoms with E-state index in [0.717, 1.165) is 44.4 Å². The lowest BCUT2D eigenvalue weighted by molar-refractivity contribution is 0.171. The molecule has 0 radical (unpaired) electrons. The first-order valence-corrected chi connectivity index (χ1v) is 8.44. The molecule has 100 valence electrons. The molecule has 0 spiro atoms. The van der Waals surface area contributed by atoms with Crippen molar-refractivity contribution in [1.29, 1.82) is 0 Å². The molecule has 2 nitrogen and oxygen atoms in total. The van der Waals surface area contributed by atoms with E-state index in [9.17, 15) is 4.21 Å². The summed E-state index contributed by atoms with van der Waals surface area (Å²) in [5.74, 6) is 0.801. The monoisotopic (exact) mass is 278 g/mol. The SMILES string of the molecule is CC1CCC(S(=O)OC2CCC(Cl)CC2)CC1. The zero-order valence-corrected chi connectivity index (χ0v) is 12.1. The van der Waals surface area contributed by atoms with Crippen LogP contribution in [0.5, 0.6) is 0 Å². The van der Waals surface area contributed by atoms with Crippen LogP contribution in [0, 0.1) is 5.92 Å². The minimum absolute atomic E-state index is 0.185. The van der Waals surface area contributed by atoms with Crippen LogP contribution in [0.3, 0.4) is 0 Å². The van der Waals surface area contributed by atoms with Gasteiger partial charge in [-0.05, 0) is 57.3 Å². The summed E-state index contributed by atoms with van der Waals surface area (Å²) in [5, 5.41) is 0.582. The minimum Gasteiger partial charge on any atom is -0.287 e. The van der Waals surface area contributed by atoms with Crippen LogP contribution in [0.4, 0.5) is 0 Å². The number of alkyl halides is 1. The maximum atomic E-state index is 12.1. The van der Waals surface area contributed by atoms with Gasteiger partial charge in [0.25, 0.3) is 0 Å². The van der Waals surface area contributed by atoms with Crippen LogP contribution in [-0.4, -0.2) is 20.9 Å². The molecule has 2 fully saturated rings. The largest absolute Gasteiger partial charge is 0.287 e. The van der Waals surface area contributed by atoms with Crippen molar-refractivity contribution in [2.24, 2.45) is 5.92 Å². The van der Waals surface area contributed by atoms with E-state index in [4.69, 9.17) is 15.8 Å². The Balaban J connectivity index is 1.73. The maximum Gasteiger partial charge on any atom is 0.158 e. The number of rotatable bonds is 3. The lowest BCUT2D eigenvalue weighted by Gasteiger charge is -2.29. The first kappa shape index (κ1) is 13.8. The molecule has 0 bridgehead atoms. The summed E-state index contributed by atoms with van der Waals surface area (Å²) >= 11 is 4.98. The maximum absolute atomic E-state index is 12.1. The van der Waals surface area contributed by atoms with Gasteiger partial charge in [-0.25, -0.2) is 4.21 Å². The molecule has 2 aliphatic rings. The number of hydrogen-bond acceptors (Lipinski definition) is 2. The van der Waals surface area contributed by atoms with Crippen molar-refractivity contribution in [2.75, 3.05) is 0 Å². The topological polar surface area (TPSA) is 26.3 Å². The molecule has 0 aromatic rings. The average molecular weight is 279 g/mol. The molecule has 4 heteroatoms. The van der Waals surface area contributed by atoms with Crippen molar-refractivity contribution >= 4 is 22.7 Å². The van der Waals surface area contributed by atoms with Crippen LogP contribution in [-0.2, 0) is 15.3 Å². The summed E-state index contributed by atoms with van der Waals surface area (Å²) in [4.78, 5) is 0. The molecule has 1 atom stereocenters. The highest BCUT2D eigenvalue weighted by atomic mass is 35.5. The normalized spacial score (nSPS) is 41.1. The van der Waals surface area contributed by atoms with Gasteiger partial charge in [-0.3, -0.25) is 4.18 Å². The zero-order valence-electron chi connectivity index (χ0n) is 10.6. The van der Waals surface area contributed by atoms with E-state index in [1.54, 1.807) is 0 Å². The predicted molar refractivity (Wildman–Crippen MR) is 72.5 cm³/mol. The Kier molecular flexibility index (Phi) is 5.31.